The van der Waals surface area contributed by atoms with E-state index in [0.717, 1.165) is 43.2 Å². The van der Waals surface area contributed by atoms with E-state index >= 15 is 0 Å². The Hall–Kier alpha value is -3.32. The zero-order chi connectivity index (χ0) is 23.5. The Balaban J connectivity index is 1.32. The molecule has 0 unspecified atom stereocenters. The first-order valence-electron chi connectivity index (χ1n) is 10.9. The van der Waals surface area contributed by atoms with Gasteiger partial charge < -0.3 is 19.9 Å². The molecule has 1 aliphatic rings. The molecule has 34 heavy (non-hydrogen) atoms. The van der Waals surface area contributed by atoms with Crippen LogP contribution in [0.15, 0.2) is 72.9 Å². The number of nitrogens with one attached hydrogen (secondary N) is 2. The molecule has 8 heteroatoms. The predicted octanol–water partition coefficient (Wildman–Crippen LogP) is 6.14. The Bertz CT molecular complexity index is 1300. The first-order chi connectivity index (χ1) is 16.6. The van der Waals surface area contributed by atoms with Gasteiger partial charge in [-0.1, -0.05) is 35.3 Å². The minimum atomic E-state index is -0.192. The summed E-state index contributed by atoms with van der Waals surface area (Å²) in [5.41, 5.74) is 4.80. The summed E-state index contributed by atoms with van der Waals surface area (Å²) in [6.45, 7) is 3.15. The summed E-state index contributed by atoms with van der Waals surface area (Å²) in [7, 11) is 0. The second-order valence-corrected chi connectivity index (χ2v) is 8.79. The number of aromatic nitrogens is 2. The second-order valence-electron chi connectivity index (χ2n) is 7.95. The average Bonchev–Trinajstić information content (AvgIpc) is 3.36. The van der Waals surface area contributed by atoms with Gasteiger partial charge in [-0.15, -0.1) is 0 Å². The van der Waals surface area contributed by atoms with E-state index in [4.69, 9.17) is 27.9 Å². The van der Waals surface area contributed by atoms with Crippen LogP contribution < -0.4 is 10.2 Å². The molecule has 0 radical (unpaired) electrons. The van der Waals surface area contributed by atoms with Crippen LogP contribution in [0.1, 0.15) is 10.4 Å². The van der Waals surface area contributed by atoms with Crippen molar-refractivity contribution < 1.29 is 9.53 Å². The molecule has 5 rings (SSSR count). The summed E-state index contributed by atoms with van der Waals surface area (Å²) in [5.74, 6) is 0.420. The number of carbonyl (C=O) groups excluding carboxylic acids is 1. The van der Waals surface area contributed by atoms with E-state index in [0.29, 0.717) is 32.7 Å². The Kier molecular flexibility index (Phi) is 6.54. The number of H-pyrrole nitrogens is 1. The summed E-state index contributed by atoms with van der Waals surface area (Å²) in [4.78, 5) is 22.9. The Morgan fingerprint density at radius 2 is 1.71 bits per heavy atom. The monoisotopic (exact) mass is 492 g/mol. The molecule has 2 heterocycles. The fourth-order valence-corrected chi connectivity index (χ4v) is 4.20. The average molecular weight is 493 g/mol. The smallest absolute Gasteiger partial charge is 0.255 e. The second kappa shape index (κ2) is 9.89. The summed E-state index contributed by atoms with van der Waals surface area (Å²) < 4.78 is 5.40. The lowest BCUT2D eigenvalue weighted by Crippen LogP contribution is -2.36. The molecule has 0 bridgehead atoms. The van der Waals surface area contributed by atoms with E-state index < -0.39 is 0 Å². The minimum Gasteiger partial charge on any atom is -0.378 e. The molecule has 0 spiro atoms. The molecule has 1 aliphatic heterocycles. The molecular weight excluding hydrogens is 471 g/mol. The third kappa shape index (κ3) is 4.94. The third-order valence-corrected chi connectivity index (χ3v) is 6.30. The molecule has 3 aromatic carbocycles. The number of nitrogens with zero attached hydrogens (tertiary/aromatic N) is 2. The first-order valence-corrected chi connectivity index (χ1v) is 11.7. The van der Waals surface area contributed by atoms with Gasteiger partial charge in [0.25, 0.3) is 5.91 Å². The number of morpholine rings is 1. The van der Waals surface area contributed by atoms with Gasteiger partial charge in [0, 0.05) is 40.6 Å². The van der Waals surface area contributed by atoms with E-state index in [1.54, 1.807) is 18.3 Å². The fraction of sp³-hybridized carbons (Fsp3) is 0.154. The van der Waals surface area contributed by atoms with Gasteiger partial charge >= 0.3 is 0 Å². The number of aromatic amines is 1. The maximum Gasteiger partial charge on any atom is 0.255 e. The van der Waals surface area contributed by atoms with Crippen LogP contribution >= 0.6 is 23.2 Å². The van der Waals surface area contributed by atoms with Crippen molar-refractivity contribution in [1.82, 2.24) is 9.97 Å². The number of anilines is 2. The Morgan fingerprint density at radius 3 is 2.44 bits per heavy atom. The van der Waals surface area contributed by atoms with E-state index in [-0.39, 0.29) is 5.91 Å². The summed E-state index contributed by atoms with van der Waals surface area (Å²) in [6, 6.07) is 20.4. The van der Waals surface area contributed by atoms with Gasteiger partial charge in [0.15, 0.2) is 0 Å². The number of carbonyl (C=O) groups is 1. The predicted molar refractivity (Wildman–Crippen MR) is 137 cm³/mol. The molecule has 6 nitrogen and oxygen atoms in total. The maximum atomic E-state index is 12.8. The number of rotatable bonds is 5. The highest BCUT2D eigenvalue weighted by Gasteiger charge is 2.14. The molecule has 0 atom stereocenters. The lowest BCUT2D eigenvalue weighted by molar-refractivity contribution is 0.102. The van der Waals surface area contributed by atoms with Crippen molar-refractivity contribution in [2.45, 2.75) is 0 Å². The van der Waals surface area contributed by atoms with Crippen LogP contribution in [0, 0.1) is 0 Å². The molecule has 172 valence electrons. The van der Waals surface area contributed by atoms with Crippen molar-refractivity contribution in [3.8, 4) is 22.6 Å². The highest BCUT2D eigenvalue weighted by Crippen LogP contribution is 2.31. The van der Waals surface area contributed by atoms with Crippen molar-refractivity contribution in [1.29, 1.82) is 0 Å². The summed E-state index contributed by atoms with van der Waals surface area (Å²) in [5, 5.41) is 4.16. The molecule has 1 aromatic heterocycles. The molecular formula is C26H22Cl2N4O2. The van der Waals surface area contributed by atoms with Gasteiger partial charge in [0.1, 0.15) is 5.82 Å². The van der Waals surface area contributed by atoms with Crippen LogP contribution in [0.4, 0.5) is 11.4 Å². The fourth-order valence-electron chi connectivity index (χ4n) is 3.87. The summed E-state index contributed by atoms with van der Waals surface area (Å²) in [6.07, 6.45) is 1.75. The van der Waals surface area contributed by atoms with Gasteiger partial charge in [-0.05, 0) is 60.2 Å². The number of hydrogen-bond donors (Lipinski definition) is 2. The molecule has 0 aliphatic carbocycles. The number of halogens is 2. The largest absolute Gasteiger partial charge is 0.378 e. The standard InChI is InChI=1S/C26H22Cl2N4O2/c27-19-5-1-17(2-6-19)24-16-29-25(31-24)22-15-20(7-10-23(22)28)30-26(33)18-3-8-21(9-4-18)32-11-13-34-14-12-32/h1-10,15-16H,11-14H2,(H,29,31)(H,30,33). The van der Waals surface area contributed by atoms with Crippen LogP contribution in [-0.4, -0.2) is 42.2 Å². The normalized spacial score (nSPS) is 13.6. The molecule has 0 saturated carbocycles. The van der Waals surface area contributed by atoms with Crippen molar-refractivity contribution in [3.05, 3.63) is 88.5 Å². The van der Waals surface area contributed by atoms with E-state index in [1.165, 1.54) is 0 Å². The molecule has 1 fully saturated rings. The van der Waals surface area contributed by atoms with Gasteiger partial charge in [-0.3, -0.25) is 4.79 Å². The zero-order valence-corrected chi connectivity index (χ0v) is 19.7. The SMILES string of the molecule is O=C(Nc1ccc(Cl)c(-c2ncc(-c3ccc(Cl)cc3)[nH]2)c1)c1ccc(N2CCOCC2)cc1. The molecule has 1 amide bonds. The quantitative estimate of drug-likeness (QED) is 0.351. The summed E-state index contributed by atoms with van der Waals surface area (Å²) >= 11 is 12.4. The number of ether oxygens (including phenoxy) is 1. The molecule has 1 saturated heterocycles. The van der Waals surface area contributed by atoms with Crippen molar-refractivity contribution in [2.24, 2.45) is 0 Å². The third-order valence-electron chi connectivity index (χ3n) is 5.72. The van der Waals surface area contributed by atoms with Crippen LogP contribution in [0.3, 0.4) is 0 Å². The number of benzene rings is 3. The Morgan fingerprint density at radius 1 is 0.971 bits per heavy atom. The van der Waals surface area contributed by atoms with Crippen LogP contribution in [0.2, 0.25) is 10.0 Å². The highest BCUT2D eigenvalue weighted by atomic mass is 35.5. The zero-order valence-electron chi connectivity index (χ0n) is 18.2. The minimum absolute atomic E-state index is 0.192. The van der Waals surface area contributed by atoms with Gasteiger partial charge in [-0.25, -0.2) is 4.98 Å². The molecule has 4 aromatic rings. The van der Waals surface area contributed by atoms with Crippen molar-refractivity contribution >= 4 is 40.5 Å². The van der Waals surface area contributed by atoms with Crippen molar-refractivity contribution in [3.63, 3.8) is 0 Å². The number of amides is 1. The Labute approximate surface area is 207 Å². The lowest BCUT2D eigenvalue weighted by atomic mass is 10.1. The van der Waals surface area contributed by atoms with Gasteiger partial charge in [-0.2, -0.15) is 0 Å². The molecule has 2 N–H and O–H groups in total. The van der Waals surface area contributed by atoms with E-state index in [2.05, 4.69) is 20.2 Å². The maximum absolute atomic E-state index is 12.8. The van der Waals surface area contributed by atoms with Gasteiger partial charge in [0.05, 0.1) is 30.1 Å². The van der Waals surface area contributed by atoms with Crippen LogP contribution in [-0.2, 0) is 4.74 Å². The van der Waals surface area contributed by atoms with Crippen LogP contribution in [0.5, 0.6) is 0 Å². The van der Waals surface area contributed by atoms with Crippen molar-refractivity contribution in [2.75, 3.05) is 36.5 Å². The number of imidazole rings is 1. The number of hydrogen-bond acceptors (Lipinski definition) is 4. The topological polar surface area (TPSA) is 70.2 Å². The first kappa shape index (κ1) is 22.5. The van der Waals surface area contributed by atoms with Gasteiger partial charge in [0.2, 0.25) is 0 Å². The van der Waals surface area contributed by atoms with E-state index in [1.807, 2.05) is 54.6 Å². The highest BCUT2D eigenvalue weighted by molar-refractivity contribution is 6.33. The lowest BCUT2D eigenvalue weighted by Gasteiger charge is -2.28. The van der Waals surface area contributed by atoms with E-state index in [9.17, 15) is 4.79 Å². The van der Waals surface area contributed by atoms with Crippen LogP contribution in [0.25, 0.3) is 22.6 Å².